The van der Waals surface area contributed by atoms with Crippen molar-refractivity contribution in [1.82, 2.24) is 5.32 Å². The number of hydrogen-bond acceptors (Lipinski definition) is 3. The lowest BCUT2D eigenvalue weighted by atomic mass is 10.1. The molecule has 0 spiro atoms. The predicted molar refractivity (Wildman–Crippen MR) is 73.9 cm³/mol. The second kappa shape index (κ2) is 5.40. The van der Waals surface area contributed by atoms with Crippen molar-refractivity contribution in [2.75, 3.05) is 5.32 Å². The maximum Gasteiger partial charge on any atom is 0.251 e. The lowest BCUT2D eigenvalue weighted by Gasteiger charge is -2.12. The molecule has 1 aromatic rings. The number of rotatable bonds is 4. The van der Waals surface area contributed by atoms with E-state index in [1.807, 2.05) is 13.0 Å². The Morgan fingerprint density at radius 3 is 2.63 bits per heavy atom. The first kappa shape index (κ1) is 13.5. The summed E-state index contributed by atoms with van der Waals surface area (Å²) >= 11 is 0. The number of aryl methyl sites for hydroxylation is 1. The molecule has 4 N–H and O–H groups in total. The van der Waals surface area contributed by atoms with E-state index in [4.69, 9.17) is 5.73 Å². The first-order chi connectivity index (χ1) is 8.97. The molecular weight excluding hydrogens is 242 g/mol. The lowest BCUT2D eigenvalue weighted by molar-refractivity contribution is -0.117. The van der Waals surface area contributed by atoms with Gasteiger partial charge in [0.25, 0.3) is 5.91 Å². The molecule has 1 aromatic carbocycles. The largest absolute Gasteiger partial charge is 0.349 e. The molecule has 1 fully saturated rings. The fourth-order valence-electron chi connectivity index (χ4n) is 1.64. The minimum atomic E-state index is -0.580. The predicted octanol–water partition coefficient (Wildman–Crippen LogP) is 1.17. The van der Waals surface area contributed by atoms with Gasteiger partial charge in [-0.05, 0) is 44.4 Å². The average molecular weight is 261 g/mol. The van der Waals surface area contributed by atoms with E-state index < -0.39 is 6.04 Å². The minimum absolute atomic E-state index is 0.0983. The Balaban J connectivity index is 2.13. The molecule has 102 valence electrons. The van der Waals surface area contributed by atoms with Crippen LogP contribution in [-0.2, 0) is 4.79 Å². The number of benzene rings is 1. The summed E-state index contributed by atoms with van der Waals surface area (Å²) in [4.78, 5) is 23.5. The molecule has 5 nitrogen and oxygen atoms in total. The van der Waals surface area contributed by atoms with Crippen LogP contribution in [-0.4, -0.2) is 23.9 Å². The van der Waals surface area contributed by atoms with Gasteiger partial charge in [-0.1, -0.05) is 6.07 Å². The summed E-state index contributed by atoms with van der Waals surface area (Å²) < 4.78 is 0. The quantitative estimate of drug-likeness (QED) is 0.760. The average Bonchev–Trinajstić information content (AvgIpc) is 3.15. The van der Waals surface area contributed by atoms with Crippen LogP contribution in [0.15, 0.2) is 18.2 Å². The van der Waals surface area contributed by atoms with Gasteiger partial charge in [-0.25, -0.2) is 0 Å². The Bertz CT molecular complexity index is 507. The molecule has 5 heteroatoms. The number of anilines is 1. The van der Waals surface area contributed by atoms with Gasteiger partial charge in [-0.3, -0.25) is 9.59 Å². The second-order valence-electron chi connectivity index (χ2n) is 5.06. The number of carbonyl (C=O) groups excluding carboxylic acids is 2. The van der Waals surface area contributed by atoms with E-state index in [-0.39, 0.29) is 11.8 Å². The van der Waals surface area contributed by atoms with Crippen molar-refractivity contribution in [1.29, 1.82) is 0 Å². The molecule has 19 heavy (non-hydrogen) atoms. The molecule has 0 bridgehead atoms. The van der Waals surface area contributed by atoms with Gasteiger partial charge in [0.2, 0.25) is 5.91 Å². The highest BCUT2D eigenvalue weighted by Gasteiger charge is 2.24. The van der Waals surface area contributed by atoms with Crippen molar-refractivity contribution in [2.45, 2.75) is 38.8 Å². The zero-order chi connectivity index (χ0) is 14.0. The van der Waals surface area contributed by atoms with E-state index in [1.165, 1.54) is 0 Å². The third kappa shape index (κ3) is 3.54. The van der Waals surface area contributed by atoms with Gasteiger partial charge >= 0.3 is 0 Å². The lowest BCUT2D eigenvalue weighted by Crippen LogP contribution is -2.33. The Kier molecular flexibility index (Phi) is 3.85. The van der Waals surface area contributed by atoms with Gasteiger partial charge in [0.15, 0.2) is 0 Å². The standard InChI is InChI=1S/C14H19N3O2/c1-8-3-4-10(14(19)16-11-5-6-11)7-12(8)17-13(18)9(2)15/h3-4,7,9,11H,5-6,15H2,1-2H3,(H,16,19)(H,17,18)/t9-/m0/s1. The van der Waals surface area contributed by atoms with Crippen molar-refractivity contribution in [3.63, 3.8) is 0 Å². The number of hydrogen-bond donors (Lipinski definition) is 3. The molecule has 2 rings (SSSR count). The van der Waals surface area contributed by atoms with Gasteiger partial charge in [0.05, 0.1) is 6.04 Å². The molecular formula is C14H19N3O2. The maximum absolute atomic E-state index is 11.9. The van der Waals surface area contributed by atoms with E-state index in [9.17, 15) is 9.59 Å². The van der Waals surface area contributed by atoms with Crippen LogP contribution < -0.4 is 16.4 Å². The summed E-state index contributed by atoms with van der Waals surface area (Å²) in [6.07, 6.45) is 2.10. The maximum atomic E-state index is 11.9. The monoisotopic (exact) mass is 261 g/mol. The molecule has 2 amide bonds. The van der Waals surface area contributed by atoms with E-state index in [0.717, 1.165) is 18.4 Å². The Morgan fingerprint density at radius 1 is 1.37 bits per heavy atom. The molecule has 0 radical (unpaired) electrons. The van der Waals surface area contributed by atoms with Gasteiger partial charge in [-0.15, -0.1) is 0 Å². The van der Waals surface area contributed by atoms with Crippen molar-refractivity contribution >= 4 is 17.5 Å². The first-order valence-corrected chi connectivity index (χ1v) is 6.45. The number of amides is 2. The number of nitrogens with one attached hydrogen (secondary N) is 2. The van der Waals surface area contributed by atoms with Gasteiger partial charge in [-0.2, -0.15) is 0 Å². The zero-order valence-corrected chi connectivity index (χ0v) is 11.2. The molecule has 1 aliphatic rings. The molecule has 0 unspecified atom stereocenters. The highest BCUT2D eigenvalue weighted by atomic mass is 16.2. The Hall–Kier alpha value is -1.88. The molecule has 1 saturated carbocycles. The number of carbonyl (C=O) groups is 2. The Morgan fingerprint density at radius 2 is 2.05 bits per heavy atom. The van der Waals surface area contributed by atoms with Crippen LogP contribution in [0.2, 0.25) is 0 Å². The molecule has 0 heterocycles. The SMILES string of the molecule is Cc1ccc(C(=O)NC2CC2)cc1NC(=O)[C@H](C)N. The normalized spacial score (nSPS) is 15.7. The van der Waals surface area contributed by atoms with Crippen molar-refractivity contribution in [3.8, 4) is 0 Å². The van der Waals surface area contributed by atoms with Crippen molar-refractivity contribution in [2.24, 2.45) is 5.73 Å². The molecule has 0 aliphatic heterocycles. The summed E-state index contributed by atoms with van der Waals surface area (Å²) in [6, 6.07) is 5.00. The van der Waals surface area contributed by atoms with Crippen LogP contribution >= 0.6 is 0 Å². The third-order valence-corrected chi connectivity index (χ3v) is 3.08. The van der Waals surface area contributed by atoms with Gasteiger partial charge < -0.3 is 16.4 Å². The summed E-state index contributed by atoms with van der Waals surface area (Å²) in [5.74, 6) is -0.360. The van der Waals surface area contributed by atoms with E-state index in [1.54, 1.807) is 19.1 Å². The second-order valence-corrected chi connectivity index (χ2v) is 5.06. The Labute approximate surface area is 112 Å². The van der Waals surface area contributed by atoms with Gasteiger partial charge in [0.1, 0.15) is 0 Å². The summed E-state index contributed by atoms with van der Waals surface area (Å²) in [7, 11) is 0. The zero-order valence-electron chi connectivity index (χ0n) is 11.2. The van der Waals surface area contributed by atoms with Crippen LogP contribution in [0.25, 0.3) is 0 Å². The molecule has 1 atom stereocenters. The molecule has 0 aromatic heterocycles. The van der Waals surface area contributed by atoms with Crippen molar-refractivity contribution in [3.05, 3.63) is 29.3 Å². The van der Waals surface area contributed by atoms with E-state index in [0.29, 0.717) is 17.3 Å². The summed E-state index contributed by atoms with van der Waals surface area (Å²) in [5.41, 5.74) is 7.60. The van der Waals surface area contributed by atoms with Gasteiger partial charge in [0, 0.05) is 17.3 Å². The third-order valence-electron chi connectivity index (χ3n) is 3.08. The molecule has 1 aliphatic carbocycles. The number of nitrogens with two attached hydrogens (primary N) is 1. The minimum Gasteiger partial charge on any atom is -0.349 e. The summed E-state index contributed by atoms with van der Waals surface area (Å²) in [5, 5.41) is 5.65. The van der Waals surface area contributed by atoms with Crippen LogP contribution in [0.3, 0.4) is 0 Å². The fourth-order valence-corrected chi connectivity index (χ4v) is 1.64. The highest BCUT2D eigenvalue weighted by Crippen LogP contribution is 2.21. The summed E-state index contributed by atoms with van der Waals surface area (Å²) in [6.45, 7) is 3.49. The topological polar surface area (TPSA) is 84.2 Å². The van der Waals surface area contributed by atoms with Crippen LogP contribution in [0.5, 0.6) is 0 Å². The van der Waals surface area contributed by atoms with Crippen LogP contribution in [0, 0.1) is 6.92 Å². The van der Waals surface area contributed by atoms with E-state index in [2.05, 4.69) is 10.6 Å². The van der Waals surface area contributed by atoms with Crippen LogP contribution in [0.4, 0.5) is 5.69 Å². The van der Waals surface area contributed by atoms with E-state index >= 15 is 0 Å². The van der Waals surface area contributed by atoms with Crippen LogP contribution in [0.1, 0.15) is 35.7 Å². The molecule has 0 saturated heterocycles. The van der Waals surface area contributed by atoms with Crippen molar-refractivity contribution < 1.29 is 9.59 Å². The fraction of sp³-hybridized carbons (Fsp3) is 0.429. The highest BCUT2D eigenvalue weighted by molar-refractivity contribution is 5.99. The first-order valence-electron chi connectivity index (χ1n) is 6.45. The smallest absolute Gasteiger partial charge is 0.251 e.